The van der Waals surface area contributed by atoms with Gasteiger partial charge < -0.3 is 15.2 Å². The molecule has 1 saturated heterocycles. The number of aryl methyl sites for hydroxylation is 2. The number of aromatic nitrogens is 4. The number of nitrogens with one attached hydrogen (secondary N) is 2. The molecule has 0 aliphatic carbocycles. The largest absolute Gasteiger partial charge is 0.354 e. The lowest BCUT2D eigenvalue weighted by Gasteiger charge is -2.36. The van der Waals surface area contributed by atoms with Crippen LogP contribution in [-0.2, 0) is 29.7 Å². The minimum atomic E-state index is -0.567. The molecule has 2 N–H and O–H groups in total. The molecule has 7 nitrogen and oxygen atoms in total. The van der Waals surface area contributed by atoms with E-state index in [-0.39, 0.29) is 30.7 Å². The average Bonchev–Trinajstić information content (AvgIpc) is 3.32. The Kier molecular flexibility index (Phi) is 7.70. The molecule has 4 rings (SSSR count). The summed E-state index contributed by atoms with van der Waals surface area (Å²) in [5, 5.41) is 10.8. The van der Waals surface area contributed by atoms with Gasteiger partial charge in [-0.3, -0.25) is 9.48 Å². The second-order valence-corrected chi connectivity index (χ2v) is 7.04. The molecule has 0 saturated carbocycles. The zero-order valence-corrected chi connectivity index (χ0v) is 17.0. The third-order valence-corrected chi connectivity index (χ3v) is 5.42. The molecule has 0 aromatic carbocycles. The first-order valence-corrected chi connectivity index (χ1v) is 9.32. The number of hydrogen-bond acceptors (Lipinski definition) is 4. The molecular formula is C18H28Cl2N6O. The van der Waals surface area contributed by atoms with Crippen molar-refractivity contribution in [1.82, 2.24) is 30.0 Å². The molecule has 1 amide bonds. The van der Waals surface area contributed by atoms with Gasteiger partial charge in [0.25, 0.3) is 0 Å². The number of imidazole rings is 1. The van der Waals surface area contributed by atoms with Crippen LogP contribution in [0, 0.1) is 0 Å². The highest BCUT2D eigenvalue weighted by Gasteiger charge is 2.41. The molecule has 0 atom stereocenters. The first kappa shape index (κ1) is 21.7. The fraction of sp³-hybridized carbons (Fsp3) is 0.611. The Morgan fingerprint density at radius 3 is 2.78 bits per heavy atom. The van der Waals surface area contributed by atoms with E-state index in [1.54, 1.807) is 6.20 Å². The monoisotopic (exact) mass is 414 g/mol. The van der Waals surface area contributed by atoms with Crippen molar-refractivity contribution in [3.8, 4) is 0 Å². The van der Waals surface area contributed by atoms with Crippen LogP contribution < -0.4 is 10.6 Å². The van der Waals surface area contributed by atoms with Crippen LogP contribution in [0.15, 0.2) is 24.7 Å². The van der Waals surface area contributed by atoms with Crippen LogP contribution in [0.2, 0.25) is 0 Å². The maximum atomic E-state index is 13.0. The summed E-state index contributed by atoms with van der Waals surface area (Å²) >= 11 is 0. The van der Waals surface area contributed by atoms with Crippen molar-refractivity contribution in [3.63, 3.8) is 0 Å². The molecule has 27 heavy (non-hydrogen) atoms. The Morgan fingerprint density at radius 1 is 1.26 bits per heavy atom. The number of piperidine rings is 1. The van der Waals surface area contributed by atoms with Gasteiger partial charge in [0, 0.05) is 44.5 Å². The highest BCUT2D eigenvalue weighted by molar-refractivity contribution is 5.85. The maximum absolute atomic E-state index is 13.0. The molecule has 2 aliphatic rings. The zero-order valence-electron chi connectivity index (χ0n) is 15.4. The molecule has 0 bridgehead atoms. The van der Waals surface area contributed by atoms with Crippen molar-refractivity contribution in [2.75, 3.05) is 19.6 Å². The van der Waals surface area contributed by atoms with Gasteiger partial charge in [-0.15, -0.1) is 24.8 Å². The standard InChI is InChI=1S/C18H26N6O.2ClH/c25-17(18(6-10-19-11-7-18)24-13-3-8-21-24)20-9-5-15-14-23-12-2-1-4-16(23)22-15;;/h3,8,13-14,19H,1-2,4-7,9-12H2,(H,20,25);2*1H. The van der Waals surface area contributed by atoms with Gasteiger partial charge in [-0.2, -0.15) is 5.10 Å². The molecule has 2 aliphatic heterocycles. The number of fused-ring (bicyclic) bond motifs is 1. The van der Waals surface area contributed by atoms with Gasteiger partial charge in [-0.1, -0.05) is 0 Å². The molecule has 2 aromatic heterocycles. The number of hydrogen-bond donors (Lipinski definition) is 2. The van der Waals surface area contributed by atoms with E-state index >= 15 is 0 Å². The van der Waals surface area contributed by atoms with Crippen LogP contribution in [0.5, 0.6) is 0 Å². The maximum Gasteiger partial charge on any atom is 0.248 e. The van der Waals surface area contributed by atoms with E-state index in [2.05, 4.69) is 26.5 Å². The van der Waals surface area contributed by atoms with Crippen LogP contribution in [0.3, 0.4) is 0 Å². The van der Waals surface area contributed by atoms with Crippen molar-refractivity contribution in [1.29, 1.82) is 0 Å². The summed E-state index contributed by atoms with van der Waals surface area (Å²) in [5.41, 5.74) is 0.512. The summed E-state index contributed by atoms with van der Waals surface area (Å²) in [5.74, 6) is 1.26. The normalized spacial score (nSPS) is 17.9. The van der Waals surface area contributed by atoms with E-state index in [1.807, 2.05) is 16.9 Å². The Hall–Kier alpha value is -1.57. The summed E-state index contributed by atoms with van der Waals surface area (Å²) in [7, 11) is 0. The number of rotatable bonds is 5. The van der Waals surface area contributed by atoms with Gasteiger partial charge in [0.1, 0.15) is 11.4 Å². The van der Waals surface area contributed by atoms with Gasteiger partial charge >= 0.3 is 0 Å². The fourth-order valence-corrected chi connectivity index (χ4v) is 3.98. The lowest BCUT2D eigenvalue weighted by atomic mass is 9.87. The second-order valence-electron chi connectivity index (χ2n) is 7.04. The Balaban J connectivity index is 0.00000131. The van der Waals surface area contributed by atoms with Crippen LogP contribution >= 0.6 is 24.8 Å². The van der Waals surface area contributed by atoms with Crippen molar-refractivity contribution in [2.45, 2.75) is 50.6 Å². The summed E-state index contributed by atoms with van der Waals surface area (Å²) in [4.78, 5) is 17.7. The third kappa shape index (κ3) is 4.47. The molecular weight excluding hydrogens is 387 g/mol. The molecule has 2 aromatic rings. The summed E-state index contributed by atoms with van der Waals surface area (Å²) in [6, 6.07) is 1.88. The fourth-order valence-electron chi connectivity index (χ4n) is 3.98. The number of carbonyl (C=O) groups excluding carboxylic acids is 1. The number of carbonyl (C=O) groups is 1. The molecule has 0 unspecified atom stereocenters. The molecule has 9 heteroatoms. The molecule has 4 heterocycles. The number of amides is 1. The molecule has 1 fully saturated rings. The van der Waals surface area contributed by atoms with E-state index in [4.69, 9.17) is 4.98 Å². The van der Waals surface area contributed by atoms with Crippen LogP contribution in [0.1, 0.15) is 37.2 Å². The van der Waals surface area contributed by atoms with E-state index in [1.165, 1.54) is 18.7 Å². The number of halogens is 2. The summed E-state index contributed by atoms with van der Waals surface area (Å²) in [6.45, 7) is 3.36. The molecule has 0 radical (unpaired) electrons. The highest BCUT2D eigenvalue weighted by Crippen LogP contribution is 2.27. The molecule has 0 spiro atoms. The van der Waals surface area contributed by atoms with Crippen molar-refractivity contribution in [2.24, 2.45) is 0 Å². The topological polar surface area (TPSA) is 76.8 Å². The quantitative estimate of drug-likeness (QED) is 0.780. The SMILES string of the molecule is Cl.Cl.O=C(NCCc1cn2c(n1)CCCC2)C1(n2cccn2)CCNCC1. The minimum absolute atomic E-state index is 0. The van der Waals surface area contributed by atoms with Gasteiger partial charge in [0.15, 0.2) is 0 Å². The predicted octanol–water partition coefficient (Wildman–Crippen LogP) is 1.70. The Labute approximate surface area is 172 Å². The predicted molar refractivity (Wildman–Crippen MR) is 109 cm³/mol. The van der Waals surface area contributed by atoms with Crippen LogP contribution in [0.4, 0.5) is 0 Å². The lowest BCUT2D eigenvalue weighted by molar-refractivity contribution is -0.131. The van der Waals surface area contributed by atoms with E-state index in [0.717, 1.165) is 51.0 Å². The van der Waals surface area contributed by atoms with Gasteiger partial charge in [-0.05, 0) is 44.8 Å². The first-order valence-electron chi connectivity index (χ1n) is 9.32. The van der Waals surface area contributed by atoms with E-state index in [9.17, 15) is 4.79 Å². The average molecular weight is 415 g/mol. The summed E-state index contributed by atoms with van der Waals surface area (Å²) in [6.07, 6.45) is 11.6. The van der Waals surface area contributed by atoms with E-state index < -0.39 is 5.54 Å². The van der Waals surface area contributed by atoms with Crippen molar-refractivity contribution in [3.05, 3.63) is 36.2 Å². The smallest absolute Gasteiger partial charge is 0.248 e. The molecule has 150 valence electrons. The Morgan fingerprint density at radius 2 is 2.07 bits per heavy atom. The van der Waals surface area contributed by atoms with Gasteiger partial charge in [0.05, 0.1) is 5.69 Å². The van der Waals surface area contributed by atoms with Crippen LogP contribution in [0.25, 0.3) is 0 Å². The zero-order chi connectivity index (χ0) is 17.1. The van der Waals surface area contributed by atoms with Crippen molar-refractivity contribution >= 4 is 30.7 Å². The lowest BCUT2D eigenvalue weighted by Crippen LogP contribution is -2.54. The summed E-state index contributed by atoms with van der Waals surface area (Å²) < 4.78 is 4.09. The highest BCUT2D eigenvalue weighted by atomic mass is 35.5. The third-order valence-electron chi connectivity index (χ3n) is 5.42. The van der Waals surface area contributed by atoms with Crippen LogP contribution in [-0.4, -0.2) is 44.9 Å². The van der Waals surface area contributed by atoms with Crippen molar-refractivity contribution < 1.29 is 4.79 Å². The number of nitrogens with zero attached hydrogens (tertiary/aromatic N) is 4. The van der Waals surface area contributed by atoms with E-state index in [0.29, 0.717) is 6.54 Å². The minimum Gasteiger partial charge on any atom is -0.354 e. The Bertz CT molecular complexity index is 701. The van der Waals surface area contributed by atoms with Gasteiger partial charge in [-0.25, -0.2) is 4.98 Å². The van der Waals surface area contributed by atoms with Gasteiger partial charge in [0.2, 0.25) is 5.91 Å². The second kappa shape index (κ2) is 9.57. The first-order chi connectivity index (χ1) is 12.3.